The summed E-state index contributed by atoms with van der Waals surface area (Å²) in [5.41, 5.74) is 7.86. The minimum Gasteiger partial charge on any atom is -0.351 e. The summed E-state index contributed by atoms with van der Waals surface area (Å²) in [4.78, 5) is 12.3. The van der Waals surface area contributed by atoms with Crippen molar-refractivity contribution in [3.63, 3.8) is 0 Å². The van der Waals surface area contributed by atoms with Crippen LogP contribution in [-0.2, 0) is 17.8 Å². The zero-order valence-electron chi connectivity index (χ0n) is 12.7. The minimum atomic E-state index is -0.416. The fraction of sp³-hybridized carbons (Fsp3) is 0.562. The average molecular weight is 299 g/mol. The molecule has 0 spiro atoms. The molecule has 0 aliphatic rings. The summed E-state index contributed by atoms with van der Waals surface area (Å²) < 4.78 is 0. The van der Waals surface area contributed by atoms with E-state index in [1.165, 1.54) is 11.1 Å². The van der Waals surface area contributed by atoms with Crippen LogP contribution >= 0.6 is 12.4 Å². The van der Waals surface area contributed by atoms with E-state index in [0.29, 0.717) is 13.1 Å². The molecule has 1 aromatic carbocycles. The third-order valence-corrected chi connectivity index (χ3v) is 4.16. The van der Waals surface area contributed by atoms with Gasteiger partial charge < -0.3 is 11.1 Å². The van der Waals surface area contributed by atoms with Crippen LogP contribution in [-0.4, -0.2) is 12.5 Å². The van der Waals surface area contributed by atoms with Crippen LogP contribution in [0.25, 0.3) is 0 Å². The maximum absolute atomic E-state index is 12.3. The molecule has 1 rings (SSSR count). The first-order valence-corrected chi connectivity index (χ1v) is 7.18. The van der Waals surface area contributed by atoms with Crippen LogP contribution in [0.2, 0.25) is 0 Å². The van der Waals surface area contributed by atoms with E-state index < -0.39 is 5.41 Å². The lowest BCUT2D eigenvalue weighted by Gasteiger charge is -2.28. The van der Waals surface area contributed by atoms with Gasteiger partial charge in [-0.15, -0.1) is 12.4 Å². The third-order valence-electron chi connectivity index (χ3n) is 4.16. The summed E-state index contributed by atoms with van der Waals surface area (Å²) >= 11 is 0. The van der Waals surface area contributed by atoms with Crippen molar-refractivity contribution in [2.45, 2.75) is 46.6 Å². The first-order valence-electron chi connectivity index (χ1n) is 7.18. The highest BCUT2D eigenvalue weighted by Crippen LogP contribution is 2.25. The van der Waals surface area contributed by atoms with E-state index in [0.717, 1.165) is 19.3 Å². The van der Waals surface area contributed by atoms with Gasteiger partial charge in [-0.25, -0.2) is 0 Å². The van der Waals surface area contributed by atoms with E-state index >= 15 is 0 Å². The number of amides is 1. The number of carbonyl (C=O) groups is 1. The second-order valence-electron chi connectivity index (χ2n) is 5.00. The van der Waals surface area contributed by atoms with Crippen molar-refractivity contribution in [2.75, 3.05) is 6.54 Å². The Balaban J connectivity index is 0.00000361. The Kier molecular flexibility index (Phi) is 8.51. The maximum atomic E-state index is 12.3. The quantitative estimate of drug-likeness (QED) is 0.813. The Morgan fingerprint density at radius 3 is 2.15 bits per heavy atom. The zero-order chi connectivity index (χ0) is 14.3. The molecule has 0 aromatic heterocycles. The predicted octanol–water partition coefficient (Wildman–Crippen LogP) is 3.05. The van der Waals surface area contributed by atoms with Gasteiger partial charge >= 0.3 is 0 Å². The maximum Gasteiger partial charge on any atom is 0.227 e. The molecule has 1 amide bonds. The molecule has 0 unspecified atom stereocenters. The predicted molar refractivity (Wildman–Crippen MR) is 87.0 cm³/mol. The fourth-order valence-electron chi connectivity index (χ4n) is 2.39. The third kappa shape index (κ3) is 4.22. The van der Waals surface area contributed by atoms with Gasteiger partial charge in [-0.3, -0.25) is 4.79 Å². The minimum absolute atomic E-state index is 0. The Labute approximate surface area is 128 Å². The van der Waals surface area contributed by atoms with E-state index in [1.54, 1.807) is 0 Å². The molecule has 0 fully saturated rings. The lowest BCUT2D eigenvalue weighted by molar-refractivity contribution is -0.131. The molecule has 3 N–H and O–H groups in total. The molecule has 114 valence electrons. The van der Waals surface area contributed by atoms with E-state index in [1.807, 2.05) is 26.0 Å². The molecule has 0 atom stereocenters. The smallest absolute Gasteiger partial charge is 0.227 e. The highest BCUT2D eigenvalue weighted by Gasteiger charge is 2.32. The molecule has 3 nitrogen and oxygen atoms in total. The molecule has 0 saturated heterocycles. The van der Waals surface area contributed by atoms with Crippen molar-refractivity contribution in [2.24, 2.45) is 11.1 Å². The van der Waals surface area contributed by atoms with Crippen molar-refractivity contribution in [3.8, 4) is 0 Å². The zero-order valence-corrected chi connectivity index (χ0v) is 13.6. The van der Waals surface area contributed by atoms with Gasteiger partial charge in [0.15, 0.2) is 0 Å². The van der Waals surface area contributed by atoms with E-state index in [-0.39, 0.29) is 18.3 Å². The molecule has 4 heteroatoms. The van der Waals surface area contributed by atoms with Crippen LogP contribution in [0, 0.1) is 5.41 Å². The van der Waals surface area contributed by atoms with E-state index in [9.17, 15) is 4.79 Å². The molecule has 0 saturated carbocycles. The van der Waals surface area contributed by atoms with Crippen molar-refractivity contribution in [1.29, 1.82) is 0 Å². The van der Waals surface area contributed by atoms with Gasteiger partial charge in [0.2, 0.25) is 5.91 Å². The number of nitrogens with one attached hydrogen (secondary N) is 1. The van der Waals surface area contributed by atoms with Gasteiger partial charge in [0.1, 0.15) is 0 Å². The van der Waals surface area contributed by atoms with Crippen molar-refractivity contribution in [3.05, 3.63) is 35.4 Å². The fourth-order valence-corrected chi connectivity index (χ4v) is 2.39. The summed E-state index contributed by atoms with van der Waals surface area (Å²) in [5, 5.41) is 3.05. The number of rotatable bonds is 7. The van der Waals surface area contributed by atoms with Crippen LogP contribution in [0.1, 0.15) is 44.7 Å². The van der Waals surface area contributed by atoms with Gasteiger partial charge in [-0.05, 0) is 30.4 Å². The van der Waals surface area contributed by atoms with Crippen molar-refractivity contribution < 1.29 is 4.79 Å². The SMILES string of the molecule is CCc1ccccc1CNC(=O)C(CC)(CC)CN.Cl. The Morgan fingerprint density at radius 2 is 1.70 bits per heavy atom. The van der Waals surface area contributed by atoms with Crippen LogP contribution in [0.15, 0.2) is 24.3 Å². The summed E-state index contributed by atoms with van der Waals surface area (Å²) in [5.74, 6) is 0.0749. The molecule has 0 heterocycles. The van der Waals surface area contributed by atoms with Crippen LogP contribution in [0.3, 0.4) is 0 Å². The van der Waals surface area contributed by atoms with Crippen LogP contribution < -0.4 is 11.1 Å². The first-order chi connectivity index (χ1) is 9.13. The van der Waals surface area contributed by atoms with Gasteiger partial charge in [0, 0.05) is 13.1 Å². The largest absolute Gasteiger partial charge is 0.351 e. The summed E-state index contributed by atoms with van der Waals surface area (Å²) in [6, 6.07) is 8.22. The number of carbonyl (C=O) groups excluding carboxylic acids is 1. The topological polar surface area (TPSA) is 55.1 Å². The second-order valence-corrected chi connectivity index (χ2v) is 5.00. The lowest BCUT2D eigenvalue weighted by atomic mass is 9.81. The molecule has 1 aromatic rings. The highest BCUT2D eigenvalue weighted by molar-refractivity contribution is 5.85. The number of aryl methyl sites for hydroxylation is 1. The Hall–Kier alpha value is -1.06. The number of halogens is 1. The first kappa shape index (κ1) is 18.9. The van der Waals surface area contributed by atoms with Gasteiger partial charge in [0.05, 0.1) is 5.41 Å². The molecule has 0 aliphatic carbocycles. The van der Waals surface area contributed by atoms with E-state index in [2.05, 4.69) is 24.4 Å². The highest BCUT2D eigenvalue weighted by atomic mass is 35.5. The van der Waals surface area contributed by atoms with Gasteiger partial charge in [-0.1, -0.05) is 45.0 Å². The summed E-state index contributed by atoms with van der Waals surface area (Å²) in [7, 11) is 0. The summed E-state index contributed by atoms with van der Waals surface area (Å²) in [6.45, 7) is 7.17. The number of benzene rings is 1. The van der Waals surface area contributed by atoms with Crippen molar-refractivity contribution >= 4 is 18.3 Å². The number of hydrogen-bond donors (Lipinski definition) is 2. The molecular formula is C16H27ClN2O. The molecule has 0 radical (unpaired) electrons. The van der Waals surface area contributed by atoms with Crippen LogP contribution in [0.4, 0.5) is 0 Å². The number of hydrogen-bond acceptors (Lipinski definition) is 2. The van der Waals surface area contributed by atoms with Gasteiger partial charge in [0.25, 0.3) is 0 Å². The number of nitrogens with two attached hydrogens (primary N) is 1. The Morgan fingerprint density at radius 1 is 1.15 bits per heavy atom. The monoisotopic (exact) mass is 298 g/mol. The second kappa shape index (κ2) is 8.98. The molecule has 0 aliphatic heterocycles. The molecular weight excluding hydrogens is 272 g/mol. The molecule has 0 bridgehead atoms. The summed E-state index contributed by atoms with van der Waals surface area (Å²) in [6.07, 6.45) is 2.54. The Bertz CT molecular complexity index is 408. The average Bonchev–Trinajstić information content (AvgIpc) is 2.47. The normalized spacial score (nSPS) is 10.8. The lowest BCUT2D eigenvalue weighted by Crippen LogP contribution is -2.45. The van der Waals surface area contributed by atoms with Crippen molar-refractivity contribution in [1.82, 2.24) is 5.32 Å². The molecule has 20 heavy (non-hydrogen) atoms. The van der Waals surface area contributed by atoms with Gasteiger partial charge in [-0.2, -0.15) is 0 Å². The standard InChI is InChI=1S/C16H26N2O.ClH/c1-4-13-9-7-8-10-14(13)11-18-15(19)16(5-2,6-3)12-17;/h7-10H,4-6,11-12,17H2,1-3H3,(H,18,19);1H. The van der Waals surface area contributed by atoms with E-state index in [4.69, 9.17) is 5.73 Å². The van der Waals surface area contributed by atoms with Crippen LogP contribution in [0.5, 0.6) is 0 Å².